The fourth-order valence-corrected chi connectivity index (χ4v) is 3.27. The van der Waals surface area contributed by atoms with Gasteiger partial charge in [-0.05, 0) is 31.4 Å². The molecule has 1 saturated heterocycles. The zero-order chi connectivity index (χ0) is 17.2. The molecule has 1 aliphatic heterocycles. The molecule has 124 valence electrons. The first-order valence-corrected chi connectivity index (χ1v) is 7.83. The lowest BCUT2D eigenvalue weighted by atomic mass is 9.90. The highest BCUT2D eigenvalue weighted by Gasteiger charge is 2.52. The Bertz CT molecular complexity index is 765. The monoisotopic (exact) mass is 325 g/mol. The lowest BCUT2D eigenvalue weighted by molar-refractivity contribution is -0.131. The Morgan fingerprint density at radius 2 is 2.08 bits per heavy atom. The summed E-state index contributed by atoms with van der Waals surface area (Å²) >= 11 is 0. The van der Waals surface area contributed by atoms with Crippen LogP contribution in [0.3, 0.4) is 0 Å². The molecule has 3 heterocycles. The van der Waals surface area contributed by atoms with Gasteiger partial charge in [-0.3, -0.25) is 24.5 Å². The summed E-state index contributed by atoms with van der Waals surface area (Å²) < 4.78 is 0. The summed E-state index contributed by atoms with van der Waals surface area (Å²) in [5, 5.41) is 2.68. The van der Waals surface area contributed by atoms with Crippen molar-refractivity contribution >= 4 is 11.8 Å². The van der Waals surface area contributed by atoms with Crippen molar-refractivity contribution < 1.29 is 9.59 Å². The Kier molecular flexibility index (Phi) is 4.24. The fourth-order valence-electron chi connectivity index (χ4n) is 3.27. The average Bonchev–Trinajstić information content (AvgIpc) is 3.07. The van der Waals surface area contributed by atoms with Crippen LogP contribution >= 0.6 is 0 Å². The zero-order valence-corrected chi connectivity index (χ0v) is 13.7. The maximum Gasteiger partial charge on any atom is 0.273 e. The number of carbonyl (C=O) groups is 2. The standard InChI is InChI=1S/C17H19N5O2/c1-12-5-3-7-21-14(12)15(23)22-10-4-6-17(22,16(24)18-2)13-11-19-8-9-20-13/h3,5,7-9,11H,4,6,10H2,1-2H3,(H,18,24)/t17-/m1/s1. The molecule has 0 radical (unpaired) electrons. The minimum atomic E-state index is -1.15. The summed E-state index contributed by atoms with van der Waals surface area (Å²) in [6.45, 7) is 2.30. The van der Waals surface area contributed by atoms with Crippen LogP contribution < -0.4 is 5.32 Å². The van der Waals surface area contributed by atoms with Crippen molar-refractivity contribution in [3.8, 4) is 0 Å². The Hall–Kier alpha value is -2.83. The van der Waals surface area contributed by atoms with E-state index in [4.69, 9.17) is 0 Å². The van der Waals surface area contributed by atoms with Gasteiger partial charge in [0.15, 0.2) is 5.54 Å². The lowest BCUT2D eigenvalue weighted by Gasteiger charge is -2.36. The highest BCUT2D eigenvalue weighted by atomic mass is 16.2. The maximum absolute atomic E-state index is 13.1. The summed E-state index contributed by atoms with van der Waals surface area (Å²) in [4.78, 5) is 40.1. The van der Waals surface area contributed by atoms with E-state index in [0.29, 0.717) is 30.8 Å². The summed E-state index contributed by atoms with van der Waals surface area (Å²) in [6.07, 6.45) is 7.43. The van der Waals surface area contributed by atoms with Gasteiger partial charge in [-0.2, -0.15) is 0 Å². The van der Waals surface area contributed by atoms with Crippen molar-refractivity contribution in [2.75, 3.05) is 13.6 Å². The first-order valence-electron chi connectivity index (χ1n) is 7.83. The molecule has 1 fully saturated rings. The molecule has 0 saturated carbocycles. The predicted octanol–water partition coefficient (Wildman–Crippen LogP) is 1.06. The molecule has 1 aliphatic rings. The van der Waals surface area contributed by atoms with Crippen LogP contribution in [-0.2, 0) is 10.3 Å². The number of aryl methyl sites for hydroxylation is 1. The van der Waals surface area contributed by atoms with Crippen molar-refractivity contribution in [3.05, 3.63) is 53.9 Å². The van der Waals surface area contributed by atoms with Crippen molar-refractivity contribution in [1.82, 2.24) is 25.2 Å². The molecule has 2 aromatic heterocycles. The number of likely N-dealkylation sites (N-methyl/N-ethyl adjacent to an activating group) is 1. The Labute approximate surface area is 140 Å². The van der Waals surface area contributed by atoms with Crippen LogP contribution in [0.15, 0.2) is 36.9 Å². The highest BCUT2D eigenvalue weighted by Crippen LogP contribution is 2.39. The van der Waals surface area contributed by atoms with Gasteiger partial charge in [-0.25, -0.2) is 0 Å². The van der Waals surface area contributed by atoms with Crippen LogP contribution in [0.2, 0.25) is 0 Å². The molecule has 0 aliphatic carbocycles. The van der Waals surface area contributed by atoms with Crippen LogP contribution in [-0.4, -0.2) is 45.3 Å². The molecule has 0 bridgehead atoms. The van der Waals surface area contributed by atoms with Gasteiger partial charge < -0.3 is 10.2 Å². The summed E-state index contributed by atoms with van der Waals surface area (Å²) in [6, 6.07) is 3.62. The Balaban J connectivity index is 2.10. The Morgan fingerprint density at radius 1 is 1.25 bits per heavy atom. The van der Waals surface area contributed by atoms with E-state index < -0.39 is 5.54 Å². The van der Waals surface area contributed by atoms with Crippen LogP contribution in [0.5, 0.6) is 0 Å². The SMILES string of the molecule is CNC(=O)[C@]1(c2cnccn2)CCCN1C(=O)c1ncccc1C. The van der Waals surface area contributed by atoms with Gasteiger partial charge in [0, 0.05) is 32.2 Å². The van der Waals surface area contributed by atoms with Crippen LogP contribution in [0.4, 0.5) is 0 Å². The summed E-state index contributed by atoms with van der Waals surface area (Å²) in [7, 11) is 1.56. The van der Waals surface area contributed by atoms with E-state index in [0.717, 1.165) is 5.56 Å². The van der Waals surface area contributed by atoms with E-state index in [9.17, 15) is 9.59 Å². The van der Waals surface area contributed by atoms with Gasteiger partial charge in [0.2, 0.25) is 0 Å². The van der Waals surface area contributed by atoms with E-state index in [1.54, 1.807) is 36.6 Å². The predicted molar refractivity (Wildman–Crippen MR) is 87.0 cm³/mol. The number of hydrogen-bond acceptors (Lipinski definition) is 5. The molecule has 1 atom stereocenters. The number of hydrogen-bond donors (Lipinski definition) is 1. The van der Waals surface area contributed by atoms with E-state index >= 15 is 0 Å². The summed E-state index contributed by atoms with van der Waals surface area (Å²) in [5.41, 5.74) is 0.462. The lowest BCUT2D eigenvalue weighted by Crippen LogP contribution is -2.55. The second kappa shape index (κ2) is 6.35. The Morgan fingerprint density at radius 3 is 2.75 bits per heavy atom. The number of carbonyl (C=O) groups excluding carboxylic acids is 2. The van der Waals surface area contributed by atoms with Crippen molar-refractivity contribution in [2.24, 2.45) is 0 Å². The number of amides is 2. The molecule has 3 rings (SSSR count). The third-order valence-electron chi connectivity index (χ3n) is 4.43. The van der Waals surface area contributed by atoms with Gasteiger partial charge in [0.05, 0.1) is 11.9 Å². The minimum absolute atomic E-state index is 0.262. The quantitative estimate of drug-likeness (QED) is 0.911. The first-order chi connectivity index (χ1) is 11.6. The number of nitrogens with zero attached hydrogens (tertiary/aromatic N) is 4. The van der Waals surface area contributed by atoms with Crippen LogP contribution in [0.25, 0.3) is 0 Å². The van der Waals surface area contributed by atoms with Gasteiger partial charge >= 0.3 is 0 Å². The van der Waals surface area contributed by atoms with E-state index in [-0.39, 0.29) is 11.8 Å². The highest BCUT2D eigenvalue weighted by molar-refractivity contribution is 5.99. The minimum Gasteiger partial charge on any atom is -0.357 e. The van der Waals surface area contributed by atoms with Crippen LogP contribution in [0.1, 0.15) is 34.6 Å². The third-order valence-corrected chi connectivity index (χ3v) is 4.43. The number of pyridine rings is 1. The normalized spacial score (nSPS) is 20.0. The van der Waals surface area contributed by atoms with E-state index in [1.807, 2.05) is 13.0 Å². The van der Waals surface area contributed by atoms with Crippen molar-refractivity contribution in [1.29, 1.82) is 0 Å². The van der Waals surface area contributed by atoms with Crippen molar-refractivity contribution in [2.45, 2.75) is 25.3 Å². The number of aromatic nitrogens is 3. The maximum atomic E-state index is 13.1. The molecular weight excluding hydrogens is 306 g/mol. The van der Waals surface area contributed by atoms with Gasteiger partial charge in [0.25, 0.3) is 11.8 Å². The first kappa shape index (κ1) is 16.0. The topological polar surface area (TPSA) is 88.1 Å². The number of rotatable bonds is 3. The molecule has 1 N–H and O–H groups in total. The summed E-state index contributed by atoms with van der Waals surface area (Å²) in [5.74, 6) is -0.526. The second-order valence-corrected chi connectivity index (χ2v) is 5.76. The third kappa shape index (κ3) is 2.42. The van der Waals surface area contributed by atoms with Crippen molar-refractivity contribution in [3.63, 3.8) is 0 Å². The molecule has 24 heavy (non-hydrogen) atoms. The molecule has 0 unspecified atom stereocenters. The molecule has 0 aromatic carbocycles. The van der Waals surface area contributed by atoms with Crippen LogP contribution in [0, 0.1) is 6.92 Å². The zero-order valence-electron chi connectivity index (χ0n) is 13.7. The molecule has 7 heteroatoms. The van der Waals surface area contributed by atoms with Gasteiger partial charge in [-0.15, -0.1) is 0 Å². The largest absolute Gasteiger partial charge is 0.357 e. The van der Waals surface area contributed by atoms with E-state index in [2.05, 4.69) is 20.3 Å². The molecular formula is C17H19N5O2. The molecule has 0 spiro atoms. The molecule has 2 amide bonds. The van der Waals surface area contributed by atoms with E-state index in [1.165, 1.54) is 6.20 Å². The van der Waals surface area contributed by atoms with Gasteiger partial charge in [-0.1, -0.05) is 6.07 Å². The number of likely N-dealkylation sites (tertiary alicyclic amines) is 1. The van der Waals surface area contributed by atoms with Gasteiger partial charge in [0.1, 0.15) is 5.69 Å². The average molecular weight is 325 g/mol. The number of nitrogens with one attached hydrogen (secondary N) is 1. The smallest absolute Gasteiger partial charge is 0.273 e. The second-order valence-electron chi connectivity index (χ2n) is 5.76. The fraction of sp³-hybridized carbons (Fsp3) is 0.353. The molecule has 2 aromatic rings. The molecule has 7 nitrogen and oxygen atoms in total.